The third-order valence-corrected chi connectivity index (χ3v) is 3.94. The number of anilines is 1. The third kappa shape index (κ3) is 2.76. The van der Waals surface area contributed by atoms with Gasteiger partial charge < -0.3 is 15.7 Å². The van der Waals surface area contributed by atoms with Crippen molar-refractivity contribution < 1.29 is 5.11 Å². The van der Waals surface area contributed by atoms with Crippen LogP contribution in [0.3, 0.4) is 0 Å². The summed E-state index contributed by atoms with van der Waals surface area (Å²) in [4.78, 5) is 2.45. The van der Waals surface area contributed by atoms with Gasteiger partial charge in [-0.05, 0) is 30.5 Å². The van der Waals surface area contributed by atoms with Crippen LogP contribution in [0.1, 0.15) is 18.9 Å². The number of β-amino-alcohol motifs (C(OH)–C–C–N with tert-alkyl or cyclic N) is 1. The highest BCUT2D eigenvalue weighted by Gasteiger charge is 2.25. The first kappa shape index (κ1) is 13.6. The van der Waals surface area contributed by atoms with E-state index >= 15 is 0 Å². The van der Waals surface area contributed by atoms with Crippen molar-refractivity contribution in [1.29, 1.82) is 0 Å². The van der Waals surface area contributed by atoms with Gasteiger partial charge in [-0.3, -0.25) is 0 Å². The summed E-state index contributed by atoms with van der Waals surface area (Å²) in [5, 5.41) is 10.6. The van der Waals surface area contributed by atoms with Crippen LogP contribution in [0.2, 0.25) is 5.02 Å². The molecular formula is C13H17ClN2OS. The van der Waals surface area contributed by atoms with Crippen molar-refractivity contribution in [3.8, 4) is 0 Å². The molecule has 5 heteroatoms. The average molecular weight is 285 g/mol. The summed E-state index contributed by atoms with van der Waals surface area (Å²) in [5.41, 5.74) is 7.47. The average Bonchev–Trinajstić information content (AvgIpc) is 2.32. The Morgan fingerprint density at radius 3 is 2.89 bits per heavy atom. The summed E-state index contributed by atoms with van der Waals surface area (Å²) < 4.78 is 0. The van der Waals surface area contributed by atoms with E-state index in [0.29, 0.717) is 22.5 Å². The summed E-state index contributed by atoms with van der Waals surface area (Å²) in [6.45, 7) is 3.58. The number of halogens is 1. The second-order valence-corrected chi connectivity index (χ2v) is 5.68. The van der Waals surface area contributed by atoms with Gasteiger partial charge in [0.15, 0.2) is 0 Å². The van der Waals surface area contributed by atoms with E-state index in [4.69, 9.17) is 29.6 Å². The van der Waals surface area contributed by atoms with E-state index < -0.39 is 0 Å². The molecule has 1 aromatic rings. The fourth-order valence-electron chi connectivity index (χ4n) is 2.25. The molecule has 1 aliphatic heterocycles. The smallest absolute Gasteiger partial charge is 0.106 e. The van der Waals surface area contributed by atoms with E-state index in [1.807, 2.05) is 12.1 Å². The largest absolute Gasteiger partial charge is 0.391 e. The van der Waals surface area contributed by atoms with Crippen LogP contribution in [0.5, 0.6) is 0 Å². The van der Waals surface area contributed by atoms with Crippen molar-refractivity contribution in [3.05, 3.63) is 28.8 Å². The molecule has 1 fully saturated rings. The minimum Gasteiger partial charge on any atom is -0.391 e. The minimum atomic E-state index is -0.311. The Morgan fingerprint density at radius 2 is 2.28 bits per heavy atom. The number of rotatable bonds is 2. The van der Waals surface area contributed by atoms with Gasteiger partial charge in [0, 0.05) is 29.4 Å². The quantitative estimate of drug-likeness (QED) is 0.818. The van der Waals surface area contributed by atoms with Gasteiger partial charge in [0.2, 0.25) is 0 Å². The van der Waals surface area contributed by atoms with Crippen molar-refractivity contribution in [2.24, 2.45) is 11.7 Å². The molecule has 3 nitrogen and oxygen atoms in total. The molecule has 2 rings (SSSR count). The minimum absolute atomic E-state index is 0.311. The highest BCUT2D eigenvalue weighted by Crippen LogP contribution is 2.28. The first-order valence-electron chi connectivity index (χ1n) is 6.01. The molecular weight excluding hydrogens is 268 g/mol. The van der Waals surface area contributed by atoms with Crippen LogP contribution in [0.15, 0.2) is 18.2 Å². The molecule has 1 saturated heterocycles. The van der Waals surface area contributed by atoms with Gasteiger partial charge in [0.1, 0.15) is 4.99 Å². The second-order valence-electron chi connectivity index (χ2n) is 4.81. The van der Waals surface area contributed by atoms with Crippen LogP contribution in [0, 0.1) is 5.92 Å². The Bertz CT molecular complexity index is 466. The highest BCUT2D eigenvalue weighted by molar-refractivity contribution is 7.80. The van der Waals surface area contributed by atoms with Crippen LogP contribution in [0.25, 0.3) is 0 Å². The zero-order chi connectivity index (χ0) is 13.3. The van der Waals surface area contributed by atoms with E-state index in [-0.39, 0.29) is 6.10 Å². The summed E-state index contributed by atoms with van der Waals surface area (Å²) in [6, 6.07) is 5.52. The molecule has 3 N–H and O–H groups in total. The number of aliphatic hydroxyl groups is 1. The van der Waals surface area contributed by atoms with E-state index in [0.717, 1.165) is 24.2 Å². The van der Waals surface area contributed by atoms with E-state index in [1.165, 1.54) is 0 Å². The fraction of sp³-hybridized carbons (Fsp3) is 0.462. The fourth-order valence-corrected chi connectivity index (χ4v) is 2.58. The van der Waals surface area contributed by atoms with Crippen molar-refractivity contribution in [3.63, 3.8) is 0 Å². The summed E-state index contributed by atoms with van der Waals surface area (Å²) >= 11 is 11.0. The van der Waals surface area contributed by atoms with Gasteiger partial charge in [0.05, 0.1) is 6.10 Å². The molecule has 1 aromatic carbocycles. The summed E-state index contributed by atoms with van der Waals surface area (Å²) in [6.07, 6.45) is 0.647. The topological polar surface area (TPSA) is 49.5 Å². The lowest BCUT2D eigenvalue weighted by Gasteiger charge is -2.36. The number of hydrogen-bond acceptors (Lipinski definition) is 3. The summed E-state index contributed by atoms with van der Waals surface area (Å²) in [7, 11) is 0. The third-order valence-electron chi connectivity index (χ3n) is 3.48. The molecule has 98 valence electrons. The Morgan fingerprint density at radius 1 is 1.56 bits per heavy atom. The first-order valence-corrected chi connectivity index (χ1v) is 6.80. The lowest BCUT2D eigenvalue weighted by atomic mass is 9.95. The molecule has 2 atom stereocenters. The maximum Gasteiger partial charge on any atom is 0.106 e. The van der Waals surface area contributed by atoms with Crippen molar-refractivity contribution >= 4 is 34.5 Å². The number of nitrogens with two attached hydrogens (primary N) is 1. The number of piperidine rings is 1. The van der Waals surface area contributed by atoms with Crippen LogP contribution in [-0.4, -0.2) is 29.3 Å². The Balaban J connectivity index is 2.30. The standard InChI is InChI=1S/C13H17ClN2OS/c1-8-4-5-16(7-12(8)17)11-3-2-9(14)6-10(11)13(15)18/h2-3,6,8,12,17H,4-5,7H2,1H3,(H2,15,18). The molecule has 1 aliphatic rings. The lowest BCUT2D eigenvalue weighted by molar-refractivity contribution is 0.103. The van der Waals surface area contributed by atoms with Crippen molar-refractivity contribution in [2.45, 2.75) is 19.4 Å². The van der Waals surface area contributed by atoms with E-state index in [2.05, 4.69) is 11.8 Å². The van der Waals surface area contributed by atoms with E-state index in [9.17, 15) is 5.11 Å². The molecule has 0 spiro atoms. The monoisotopic (exact) mass is 284 g/mol. The molecule has 0 amide bonds. The number of aliphatic hydroxyl groups excluding tert-OH is 1. The van der Waals surface area contributed by atoms with Gasteiger partial charge in [-0.15, -0.1) is 0 Å². The molecule has 1 heterocycles. The normalized spacial score (nSPS) is 24.1. The maximum atomic E-state index is 9.96. The molecule has 0 saturated carbocycles. The van der Waals surface area contributed by atoms with Gasteiger partial charge in [-0.1, -0.05) is 30.7 Å². The van der Waals surface area contributed by atoms with Gasteiger partial charge in [-0.2, -0.15) is 0 Å². The Hall–Kier alpha value is -0.840. The van der Waals surface area contributed by atoms with Crippen LogP contribution in [-0.2, 0) is 0 Å². The Kier molecular flexibility index (Phi) is 4.10. The predicted molar refractivity (Wildman–Crippen MR) is 79.3 cm³/mol. The summed E-state index contributed by atoms with van der Waals surface area (Å²) in [5.74, 6) is 0.335. The number of thiocarbonyl (C=S) groups is 1. The SMILES string of the molecule is CC1CCN(c2ccc(Cl)cc2C(N)=S)CC1O. The first-order chi connectivity index (χ1) is 8.49. The maximum absolute atomic E-state index is 9.96. The number of benzene rings is 1. The molecule has 0 radical (unpaired) electrons. The molecule has 0 bridgehead atoms. The van der Waals surface area contributed by atoms with E-state index in [1.54, 1.807) is 6.07 Å². The zero-order valence-electron chi connectivity index (χ0n) is 10.3. The highest BCUT2D eigenvalue weighted by atomic mass is 35.5. The molecule has 0 aromatic heterocycles. The van der Waals surface area contributed by atoms with Gasteiger partial charge >= 0.3 is 0 Å². The van der Waals surface area contributed by atoms with Crippen molar-refractivity contribution in [1.82, 2.24) is 0 Å². The number of hydrogen-bond donors (Lipinski definition) is 2. The van der Waals surface area contributed by atoms with Crippen LogP contribution in [0.4, 0.5) is 5.69 Å². The number of nitrogens with zero attached hydrogens (tertiary/aromatic N) is 1. The van der Waals surface area contributed by atoms with Gasteiger partial charge in [0.25, 0.3) is 0 Å². The van der Waals surface area contributed by atoms with Crippen LogP contribution >= 0.6 is 23.8 Å². The van der Waals surface area contributed by atoms with Crippen molar-refractivity contribution in [2.75, 3.05) is 18.0 Å². The molecule has 0 aliphatic carbocycles. The van der Waals surface area contributed by atoms with Crippen LogP contribution < -0.4 is 10.6 Å². The van der Waals surface area contributed by atoms with Gasteiger partial charge in [-0.25, -0.2) is 0 Å². The second kappa shape index (κ2) is 5.43. The molecule has 2 unspecified atom stereocenters. The molecule has 18 heavy (non-hydrogen) atoms. The Labute approximate surface area is 118 Å². The predicted octanol–water partition coefficient (Wildman–Crippen LogP) is 2.18. The zero-order valence-corrected chi connectivity index (χ0v) is 11.8. The lowest BCUT2D eigenvalue weighted by Crippen LogP contribution is -2.43.